The first-order valence-electron chi connectivity index (χ1n) is 4.37. The minimum absolute atomic E-state index is 0.127. The van der Waals surface area contributed by atoms with Crippen molar-refractivity contribution in [3.05, 3.63) is 46.2 Å². The molecule has 82 valence electrons. The smallest absolute Gasteiger partial charge is 0.265 e. The van der Waals surface area contributed by atoms with E-state index >= 15 is 0 Å². The second-order valence-electron chi connectivity index (χ2n) is 3.15. The summed E-state index contributed by atoms with van der Waals surface area (Å²) < 4.78 is 10.3. The normalized spacial score (nSPS) is 18.4. The van der Waals surface area contributed by atoms with Crippen molar-refractivity contribution in [3.8, 4) is 0 Å². The summed E-state index contributed by atoms with van der Waals surface area (Å²) in [5.74, 6) is -0.914. The van der Waals surface area contributed by atoms with Gasteiger partial charge in [0.05, 0.1) is 4.92 Å². The molecule has 0 heterocycles. The number of ether oxygens (including phenoxy) is 2. The highest BCUT2D eigenvalue weighted by atomic mass is 16.7. The van der Waals surface area contributed by atoms with Crippen LogP contribution in [-0.2, 0) is 9.47 Å². The van der Waals surface area contributed by atoms with E-state index in [1.165, 1.54) is 14.2 Å². The van der Waals surface area contributed by atoms with Gasteiger partial charge in [0.25, 0.3) is 5.70 Å². The molecule has 0 aromatic heterocycles. The fourth-order valence-corrected chi connectivity index (χ4v) is 1.37. The summed E-state index contributed by atoms with van der Waals surface area (Å²) in [5, 5.41) is 10.5. The number of nitrogens with zero attached hydrogens (tertiary/aromatic N) is 1. The Morgan fingerprint density at radius 3 is 2.67 bits per heavy atom. The Labute approximate surface area is 87.8 Å². The third-order valence-corrected chi connectivity index (χ3v) is 2.37. The third-order valence-electron chi connectivity index (χ3n) is 2.37. The van der Waals surface area contributed by atoms with Gasteiger partial charge in [0.2, 0.25) is 0 Å². The van der Waals surface area contributed by atoms with Crippen molar-refractivity contribution in [2.24, 2.45) is 0 Å². The molecule has 0 amide bonds. The fraction of sp³-hybridized carbons (Fsp3) is 0.400. The van der Waals surface area contributed by atoms with Crippen molar-refractivity contribution in [2.75, 3.05) is 14.2 Å². The molecule has 1 aliphatic carbocycles. The second kappa shape index (κ2) is 4.37. The molecule has 0 bridgehead atoms. The first-order chi connectivity index (χ1) is 7.04. The zero-order valence-corrected chi connectivity index (χ0v) is 8.73. The van der Waals surface area contributed by atoms with Gasteiger partial charge in [-0.3, -0.25) is 10.1 Å². The zero-order valence-electron chi connectivity index (χ0n) is 8.73. The number of hydrogen-bond acceptors (Lipinski definition) is 4. The van der Waals surface area contributed by atoms with E-state index < -0.39 is 10.7 Å². The largest absolute Gasteiger partial charge is 0.349 e. The molecule has 0 spiro atoms. The quantitative estimate of drug-likeness (QED) is 0.403. The number of rotatable bonds is 4. The lowest BCUT2D eigenvalue weighted by molar-refractivity contribution is -0.421. The third kappa shape index (κ3) is 2.31. The molecule has 0 unspecified atom stereocenters. The van der Waals surface area contributed by atoms with Crippen molar-refractivity contribution >= 4 is 0 Å². The molecule has 1 aliphatic rings. The average Bonchev–Trinajstić information content (AvgIpc) is 2.28. The maximum Gasteiger partial charge on any atom is 0.265 e. The molecule has 0 aromatic carbocycles. The summed E-state index contributed by atoms with van der Waals surface area (Å²) in [7, 11) is 2.98. The van der Waals surface area contributed by atoms with Gasteiger partial charge in [-0.25, -0.2) is 0 Å². The topological polar surface area (TPSA) is 61.6 Å². The molecule has 1 rings (SSSR count). The summed E-state index contributed by atoms with van der Waals surface area (Å²) in [6, 6.07) is 0. The maximum atomic E-state index is 10.5. The monoisotopic (exact) mass is 211 g/mol. The van der Waals surface area contributed by atoms with Crippen LogP contribution in [0.2, 0.25) is 0 Å². The van der Waals surface area contributed by atoms with Crippen LogP contribution in [0.5, 0.6) is 0 Å². The van der Waals surface area contributed by atoms with Crippen LogP contribution in [-0.4, -0.2) is 24.9 Å². The minimum Gasteiger partial charge on any atom is -0.349 e. The average molecular weight is 211 g/mol. The van der Waals surface area contributed by atoms with Crippen LogP contribution < -0.4 is 0 Å². The van der Waals surface area contributed by atoms with E-state index in [2.05, 4.69) is 6.58 Å². The Morgan fingerprint density at radius 1 is 1.60 bits per heavy atom. The van der Waals surface area contributed by atoms with Gasteiger partial charge in [-0.2, -0.15) is 0 Å². The Morgan fingerprint density at radius 2 is 2.20 bits per heavy atom. The molecule has 0 aliphatic heterocycles. The molecule has 15 heavy (non-hydrogen) atoms. The van der Waals surface area contributed by atoms with E-state index in [0.29, 0.717) is 5.57 Å². The maximum absolute atomic E-state index is 10.5. The molecular formula is C10H13NO4. The second-order valence-corrected chi connectivity index (χ2v) is 3.15. The van der Waals surface area contributed by atoms with Gasteiger partial charge in [-0.1, -0.05) is 12.2 Å². The van der Waals surface area contributed by atoms with E-state index in [1.807, 2.05) is 0 Å². The number of hydrogen-bond donors (Lipinski definition) is 0. The molecule has 0 saturated carbocycles. The van der Waals surface area contributed by atoms with E-state index in [9.17, 15) is 10.1 Å². The molecule has 0 atom stereocenters. The van der Waals surface area contributed by atoms with Crippen molar-refractivity contribution in [1.82, 2.24) is 0 Å². The lowest BCUT2D eigenvalue weighted by Gasteiger charge is -2.29. The highest BCUT2D eigenvalue weighted by molar-refractivity contribution is 5.33. The summed E-state index contributed by atoms with van der Waals surface area (Å²) in [5.41, 5.74) is 0.379. The Bertz CT molecular complexity index is 339. The van der Waals surface area contributed by atoms with Crippen molar-refractivity contribution < 1.29 is 14.4 Å². The first-order valence-corrected chi connectivity index (χ1v) is 4.37. The van der Waals surface area contributed by atoms with Crippen LogP contribution in [0.1, 0.15) is 6.42 Å². The molecule has 0 aromatic rings. The molecule has 5 heteroatoms. The minimum atomic E-state index is -0.914. The predicted molar refractivity (Wildman–Crippen MR) is 54.7 cm³/mol. The van der Waals surface area contributed by atoms with Gasteiger partial charge in [0, 0.05) is 26.2 Å². The number of nitro groups is 1. The van der Waals surface area contributed by atoms with Gasteiger partial charge < -0.3 is 9.47 Å². The van der Waals surface area contributed by atoms with Gasteiger partial charge in [0.1, 0.15) is 0 Å². The Kier molecular flexibility index (Phi) is 3.39. The van der Waals surface area contributed by atoms with E-state index in [0.717, 1.165) is 0 Å². The lowest BCUT2D eigenvalue weighted by atomic mass is 9.97. The van der Waals surface area contributed by atoms with Crippen LogP contribution in [0.15, 0.2) is 36.1 Å². The molecular weight excluding hydrogens is 198 g/mol. The predicted octanol–water partition coefficient (Wildman–Crippen LogP) is 1.65. The molecule has 0 fully saturated rings. The van der Waals surface area contributed by atoms with Crippen molar-refractivity contribution in [3.63, 3.8) is 0 Å². The van der Waals surface area contributed by atoms with Gasteiger partial charge >= 0.3 is 0 Å². The van der Waals surface area contributed by atoms with Crippen LogP contribution in [0.25, 0.3) is 0 Å². The van der Waals surface area contributed by atoms with Crippen molar-refractivity contribution in [1.29, 1.82) is 0 Å². The van der Waals surface area contributed by atoms with Crippen LogP contribution in [0.3, 0.4) is 0 Å². The Hall–Kier alpha value is -1.46. The van der Waals surface area contributed by atoms with Gasteiger partial charge in [0.15, 0.2) is 5.79 Å². The van der Waals surface area contributed by atoms with Crippen LogP contribution in [0.4, 0.5) is 0 Å². The van der Waals surface area contributed by atoms with Gasteiger partial charge in [-0.15, -0.1) is 0 Å². The van der Waals surface area contributed by atoms with Crippen LogP contribution in [0, 0.1) is 10.1 Å². The van der Waals surface area contributed by atoms with E-state index in [1.54, 1.807) is 18.2 Å². The molecule has 5 nitrogen and oxygen atoms in total. The van der Waals surface area contributed by atoms with Gasteiger partial charge in [-0.05, 0) is 12.7 Å². The summed E-state index contributed by atoms with van der Waals surface area (Å²) in [4.78, 5) is 10.0. The first kappa shape index (κ1) is 11.6. The summed E-state index contributed by atoms with van der Waals surface area (Å²) >= 11 is 0. The van der Waals surface area contributed by atoms with E-state index in [4.69, 9.17) is 9.47 Å². The lowest BCUT2D eigenvalue weighted by Crippen LogP contribution is -2.33. The fourth-order valence-electron chi connectivity index (χ4n) is 1.37. The summed E-state index contributed by atoms with van der Waals surface area (Å²) in [6.07, 6.45) is 5.31. The number of allylic oxidation sites excluding steroid dienone is 3. The van der Waals surface area contributed by atoms with E-state index in [-0.39, 0.29) is 12.1 Å². The highest BCUT2D eigenvalue weighted by Crippen LogP contribution is 2.30. The Balaban J connectivity index is 2.89. The standard InChI is InChI=1S/C10H13NO4/c1-8(11(12)13)9-5-4-6-10(7-9,14-2)15-3/h4-6H,1,7H2,2-3H3. The highest BCUT2D eigenvalue weighted by Gasteiger charge is 2.32. The molecule has 0 radical (unpaired) electrons. The zero-order chi connectivity index (χ0) is 11.5. The number of methoxy groups -OCH3 is 2. The van der Waals surface area contributed by atoms with Crippen LogP contribution >= 0.6 is 0 Å². The molecule has 0 N–H and O–H groups in total. The molecule has 0 saturated heterocycles. The van der Waals surface area contributed by atoms with Crippen molar-refractivity contribution in [2.45, 2.75) is 12.2 Å². The summed E-state index contributed by atoms with van der Waals surface area (Å²) in [6.45, 7) is 3.40. The SMILES string of the molecule is C=C(C1=CC=CC(OC)(OC)C1)[N+](=O)[O-].